The van der Waals surface area contributed by atoms with Crippen molar-refractivity contribution in [2.75, 3.05) is 33.0 Å². The lowest BCUT2D eigenvalue weighted by Gasteiger charge is -2.20. The number of allylic oxidation sites excluding steroid dienone is 10. The van der Waals surface area contributed by atoms with Gasteiger partial charge >= 0.3 is 13.8 Å². The molecule has 0 amide bonds. The van der Waals surface area contributed by atoms with Crippen molar-refractivity contribution in [1.29, 1.82) is 0 Å². The zero-order chi connectivity index (χ0) is 42.5. The summed E-state index contributed by atoms with van der Waals surface area (Å²) in [4.78, 5) is 22.6. The van der Waals surface area contributed by atoms with Gasteiger partial charge in [-0.05, 0) is 77.0 Å². The Morgan fingerprint density at radius 1 is 0.552 bits per heavy atom. The van der Waals surface area contributed by atoms with E-state index in [1.807, 2.05) is 0 Å². The summed E-state index contributed by atoms with van der Waals surface area (Å²) in [6.45, 7) is 3.37. The van der Waals surface area contributed by atoms with Gasteiger partial charge in [0.15, 0.2) is 0 Å². The number of phosphoric acid groups is 1. The molecule has 0 aromatic heterocycles. The predicted octanol–water partition coefficient (Wildman–Crippen LogP) is 13.1. The number of carbonyl (C=O) groups is 1. The maximum absolute atomic E-state index is 12.7. The lowest BCUT2D eigenvalue weighted by atomic mass is 10.1. The van der Waals surface area contributed by atoms with Gasteiger partial charge in [0.05, 0.1) is 26.4 Å². The maximum atomic E-state index is 12.7. The summed E-state index contributed by atoms with van der Waals surface area (Å²) in [5.41, 5.74) is 0. The van der Waals surface area contributed by atoms with Crippen LogP contribution < -0.4 is 0 Å². The molecule has 0 aromatic carbocycles. The van der Waals surface area contributed by atoms with Crippen LogP contribution in [0.2, 0.25) is 0 Å². The third kappa shape index (κ3) is 43.7. The number of phosphoric ester groups is 1. The summed E-state index contributed by atoms with van der Waals surface area (Å²) in [5, 5.41) is 18.4. The molecule has 0 aromatic rings. The van der Waals surface area contributed by atoms with E-state index in [-0.39, 0.29) is 19.6 Å². The Bertz CT molecular complexity index is 1090. The van der Waals surface area contributed by atoms with Crippen LogP contribution in [-0.2, 0) is 27.9 Å². The van der Waals surface area contributed by atoms with Crippen LogP contribution in [-0.4, -0.2) is 66.3 Å². The normalized spacial score (nSPS) is 14.5. The highest BCUT2D eigenvalue weighted by atomic mass is 31.2. The number of hydrogen-bond acceptors (Lipinski definition) is 8. The van der Waals surface area contributed by atoms with Gasteiger partial charge in [0.25, 0.3) is 0 Å². The quantitative estimate of drug-likeness (QED) is 0.0237. The van der Waals surface area contributed by atoms with E-state index in [0.717, 1.165) is 83.5 Å². The minimum atomic E-state index is -4.53. The van der Waals surface area contributed by atoms with Crippen molar-refractivity contribution >= 4 is 13.8 Å². The Morgan fingerprint density at radius 3 is 1.48 bits per heavy atom. The van der Waals surface area contributed by atoms with E-state index in [2.05, 4.69) is 74.6 Å². The van der Waals surface area contributed by atoms with Crippen LogP contribution in [0, 0.1) is 0 Å². The molecule has 0 aliphatic rings. The van der Waals surface area contributed by atoms with Gasteiger partial charge in [-0.25, -0.2) is 4.57 Å². The van der Waals surface area contributed by atoms with Gasteiger partial charge < -0.3 is 24.6 Å². The van der Waals surface area contributed by atoms with Gasteiger partial charge in [0.2, 0.25) is 0 Å². The van der Waals surface area contributed by atoms with Crippen LogP contribution in [0.15, 0.2) is 60.8 Å². The van der Waals surface area contributed by atoms with Crippen molar-refractivity contribution in [1.82, 2.24) is 0 Å². The molecule has 0 aliphatic carbocycles. The largest absolute Gasteiger partial charge is 0.472 e. The molecule has 9 nitrogen and oxygen atoms in total. The van der Waals surface area contributed by atoms with E-state index in [1.54, 1.807) is 0 Å². The molecule has 0 fully saturated rings. The Balaban J connectivity index is 4.15. The summed E-state index contributed by atoms with van der Waals surface area (Å²) in [5.74, 6) is -0.391. The summed E-state index contributed by atoms with van der Waals surface area (Å²) in [7, 11) is -4.53. The fraction of sp³-hybridized carbons (Fsp3) is 0.771. The van der Waals surface area contributed by atoms with Gasteiger partial charge in [0.1, 0.15) is 12.2 Å². The summed E-state index contributed by atoms with van der Waals surface area (Å²) in [6, 6.07) is 0. The first-order chi connectivity index (χ1) is 28.3. The third-order valence-electron chi connectivity index (χ3n) is 9.69. The smallest absolute Gasteiger partial charge is 0.457 e. The molecule has 3 unspecified atom stereocenters. The van der Waals surface area contributed by atoms with Gasteiger partial charge in [-0.3, -0.25) is 13.8 Å². The zero-order valence-electron chi connectivity index (χ0n) is 37.0. The number of aliphatic hydroxyl groups is 2. The molecular weight excluding hydrogens is 751 g/mol. The summed E-state index contributed by atoms with van der Waals surface area (Å²) < 4.78 is 33.4. The highest BCUT2D eigenvalue weighted by Gasteiger charge is 2.26. The van der Waals surface area contributed by atoms with Crippen LogP contribution in [0.3, 0.4) is 0 Å². The van der Waals surface area contributed by atoms with E-state index in [1.165, 1.54) is 89.9 Å². The zero-order valence-corrected chi connectivity index (χ0v) is 37.9. The molecule has 0 rings (SSSR count). The standard InChI is InChI=1S/C48H87O9P/c1-3-5-7-9-11-13-15-17-19-21-23-24-26-28-30-32-34-36-38-40-48(51)57-47(45-56-58(52,53)55-43-46(50)42-49)44-54-41-39-37-35-33-31-29-27-25-22-20-18-16-14-12-10-8-6-4-2/h6,8,11-14,17-20,46-47,49-50H,3-5,7,9-10,15-16,21-45H2,1-2H3,(H,52,53)/b8-6-,13-11-,14-12-,19-17-,20-18-. The number of aliphatic hydroxyl groups excluding tert-OH is 2. The molecule has 0 saturated heterocycles. The van der Waals surface area contributed by atoms with E-state index >= 15 is 0 Å². The number of carbonyl (C=O) groups excluding carboxylic acids is 1. The minimum Gasteiger partial charge on any atom is -0.457 e. The van der Waals surface area contributed by atoms with Crippen LogP contribution in [0.4, 0.5) is 0 Å². The average Bonchev–Trinajstić information content (AvgIpc) is 3.21. The van der Waals surface area contributed by atoms with Crippen molar-refractivity contribution in [3.63, 3.8) is 0 Å². The SMILES string of the molecule is CC/C=C\C/C=C\C/C=C\CCCCCCCCCCOCC(COP(=O)(O)OCC(O)CO)OC(=O)CCCCCCCCCCC/C=C\C/C=C\CCCCC. The molecule has 0 spiro atoms. The van der Waals surface area contributed by atoms with Gasteiger partial charge in [-0.2, -0.15) is 0 Å². The average molecular weight is 839 g/mol. The maximum Gasteiger partial charge on any atom is 0.472 e. The second-order valence-corrected chi connectivity index (χ2v) is 16.8. The Morgan fingerprint density at radius 2 is 0.983 bits per heavy atom. The van der Waals surface area contributed by atoms with E-state index in [9.17, 15) is 19.4 Å². The highest BCUT2D eigenvalue weighted by Crippen LogP contribution is 2.43. The van der Waals surface area contributed by atoms with Crippen molar-refractivity contribution in [3.8, 4) is 0 Å². The molecule has 0 bridgehead atoms. The lowest BCUT2D eigenvalue weighted by Crippen LogP contribution is -2.29. The molecule has 3 atom stereocenters. The molecule has 0 heterocycles. The van der Waals surface area contributed by atoms with E-state index in [4.69, 9.17) is 23.6 Å². The number of ether oxygens (including phenoxy) is 2. The molecule has 0 aliphatic heterocycles. The number of hydrogen-bond donors (Lipinski definition) is 3. The summed E-state index contributed by atoms with van der Waals surface area (Å²) >= 11 is 0. The second-order valence-electron chi connectivity index (χ2n) is 15.4. The van der Waals surface area contributed by atoms with E-state index in [0.29, 0.717) is 6.61 Å². The molecule has 338 valence electrons. The molecule has 0 saturated carbocycles. The van der Waals surface area contributed by atoms with Crippen LogP contribution in [0.1, 0.15) is 194 Å². The van der Waals surface area contributed by atoms with Crippen LogP contribution >= 0.6 is 7.82 Å². The second kappa shape index (κ2) is 44.7. The van der Waals surface area contributed by atoms with Crippen molar-refractivity contribution < 1.29 is 43.0 Å². The first-order valence-electron chi connectivity index (χ1n) is 23.3. The first-order valence-corrected chi connectivity index (χ1v) is 24.8. The van der Waals surface area contributed by atoms with E-state index < -0.39 is 39.2 Å². The number of esters is 1. The molecule has 0 radical (unpaired) electrons. The van der Waals surface area contributed by atoms with Gasteiger partial charge in [-0.15, -0.1) is 0 Å². The Labute approximate surface area is 355 Å². The topological polar surface area (TPSA) is 132 Å². The van der Waals surface area contributed by atoms with Crippen LogP contribution in [0.5, 0.6) is 0 Å². The number of rotatable bonds is 44. The van der Waals surface area contributed by atoms with Crippen molar-refractivity contribution in [2.45, 2.75) is 206 Å². The summed E-state index contributed by atoms with van der Waals surface area (Å²) in [6.07, 6.45) is 51.7. The monoisotopic (exact) mass is 839 g/mol. The molecule has 3 N–H and O–H groups in total. The fourth-order valence-electron chi connectivity index (χ4n) is 6.16. The van der Waals surface area contributed by atoms with Crippen molar-refractivity contribution in [3.05, 3.63) is 60.8 Å². The fourth-order valence-corrected chi connectivity index (χ4v) is 6.95. The first kappa shape index (κ1) is 56.2. The molecule has 58 heavy (non-hydrogen) atoms. The van der Waals surface area contributed by atoms with Crippen molar-refractivity contribution in [2.24, 2.45) is 0 Å². The van der Waals surface area contributed by atoms with Gasteiger partial charge in [0, 0.05) is 13.0 Å². The Hall–Kier alpha value is -1.84. The predicted molar refractivity (Wildman–Crippen MR) is 242 cm³/mol. The van der Waals surface area contributed by atoms with Crippen LogP contribution in [0.25, 0.3) is 0 Å². The minimum absolute atomic E-state index is 0.0405. The van der Waals surface area contributed by atoms with Gasteiger partial charge in [-0.1, -0.05) is 171 Å². The molecule has 10 heteroatoms. The number of unbranched alkanes of at least 4 members (excludes halogenated alkanes) is 20. The highest BCUT2D eigenvalue weighted by molar-refractivity contribution is 7.47. The lowest BCUT2D eigenvalue weighted by molar-refractivity contribution is -0.154. The molecular formula is C48H87O9P. The third-order valence-corrected chi connectivity index (χ3v) is 10.6. The Kier molecular flexibility index (Phi) is 43.3.